The lowest BCUT2D eigenvalue weighted by Gasteiger charge is -2.35. The molecule has 9 heteroatoms. The molecule has 190 valence electrons. The smallest absolute Gasteiger partial charge is 0.235 e. The van der Waals surface area contributed by atoms with Gasteiger partial charge in [-0.2, -0.15) is 10.5 Å². The fourth-order valence-electron chi connectivity index (χ4n) is 4.28. The summed E-state index contributed by atoms with van der Waals surface area (Å²) < 4.78 is 13.5. The fraction of sp³-hybridized carbons (Fsp3) is 0.481. The lowest BCUT2D eigenvalue weighted by Crippen LogP contribution is -2.45. The summed E-state index contributed by atoms with van der Waals surface area (Å²) in [5, 5.41) is 23.1. The zero-order chi connectivity index (χ0) is 26.5. The van der Waals surface area contributed by atoms with E-state index in [2.05, 4.69) is 43.1 Å². The molecule has 0 radical (unpaired) electrons. The van der Waals surface area contributed by atoms with E-state index in [4.69, 9.17) is 10.7 Å². The monoisotopic (exact) mass is 508 g/mol. The number of pyridine rings is 1. The third-order valence-corrected chi connectivity index (χ3v) is 7.46. The van der Waals surface area contributed by atoms with Crippen molar-refractivity contribution in [3.05, 3.63) is 52.3 Å². The predicted molar refractivity (Wildman–Crippen MR) is 140 cm³/mol. The maximum absolute atomic E-state index is 13.5. The lowest BCUT2D eigenvalue weighted by atomic mass is 9.95. The summed E-state index contributed by atoms with van der Waals surface area (Å²) >= 11 is 1.07. The first-order chi connectivity index (χ1) is 17.1. The highest BCUT2D eigenvalue weighted by molar-refractivity contribution is 8.00. The summed E-state index contributed by atoms with van der Waals surface area (Å²) in [5.74, 6) is -0.503. The molecule has 1 fully saturated rings. The number of nitrogens with two attached hydrogens (primary N) is 1. The molecule has 7 nitrogen and oxygen atoms in total. The number of piperidine rings is 1. The Morgan fingerprint density at radius 1 is 1.22 bits per heavy atom. The van der Waals surface area contributed by atoms with Crippen LogP contribution in [-0.2, 0) is 11.2 Å². The van der Waals surface area contributed by atoms with E-state index in [1.165, 1.54) is 24.3 Å². The molecule has 2 heterocycles. The molecular formula is C27H33FN6OS. The van der Waals surface area contributed by atoms with Gasteiger partial charge in [-0.3, -0.25) is 4.79 Å². The van der Waals surface area contributed by atoms with Crippen molar-refractivity contribution in [1.29, 1.82) is 10.5 Å². The first kappa shape index (κ1) is 27.4. The minimum absolute atomic E-state index is 0.198. The van der Waals surface area contributed by atoms with Crippen LogP contribution in [0.15, 0.2) is 29.3 Å². The molecule has 0 spiro atoms. The first-order valence-electron chi connectivity index (χ1n) is 12.1. The predicted octanol–water partition coefficient (Wildman–Crippen LogP) is 4.45. The van der Waals surface area contributed by atoms with E-state index >= 15 is 0 Å². The van der Waals surface area contributed by atoms with Gasteiger partial charge in [-0.05, 0) is 47.9 Å². The van der Waals surface area contributed by atoms with Crippen LogP contribution in [0.3, 0.4) is 0 Å². The summed E-state index contributed by atoms with van der Waals surface area (Å²) in [6.07, 6.45) is 2.29. The molecule has 3 rings (SSSR count). The summed E-state index contributed by atoms with van der Waals surface area (Å²) in [7, 11) is 0. The summed E-state index contributed by atoms with van der Waals surface area (Å²) in [6.45, 7) is 10.9. The van der Waals surface area contributed by atoms with Gasteiger partial charge in [0.1, 0.15) is 34.0 Å². The van der Waals surface area contributed by atoms with Crippen LogP contribution in [0.4, 0.5) is 10.2 Å². The van der Waals surface area contributed by atoms with E-state index in [-0.39, 0.29) is 11.0 Å². The molecule has 1 aromatic carbocycles. The Morgan fingerprint density at radius 2 is 1.83 bits per heavy atom. The molecule has 0 bridgehead atoms. The van der Waals surface area contributed by atoms with Crippen molar-refractivity contribution >= 4 is 23.5 Å². The van der Waals surface area contributed by atoms with Crippen LogP contribution in [0.25, 0.3) is 0 Å². The first-order valence-corrected chi connectivity index (χ1v) is 13.0. The Morgan fingerprint density at radius 3 is 2.33 bits per heavy atom. The minimum Gasteiger partial charge on any atom is -0.368 e. The van der Waals surface area contributed by atoms with Crippen molar-refractivity contribution in [2.45, 2.75) is 63.3 Å². The van der Waals surface area contributed by atoms with Crippen molar-refractivity contribution in [1.82, 2.24) is 10.3 Å². The van der Waals surface area contributed by atoms with Crippen molar-refractivity contribution in [3.8, 4) is 12.1 Å². The second-order valence-corrected chi connectivity index (χ2v) is 11.3. The average Bonchev–Trinajstić information content (AvgIpc) is 2.85. The lowest BCUT2D eigenvalue weighted by molar-refractivity contribution is -0.117. The minimum atomic E-state index is -0.858. The quantitative estimate of drug-likeness (QED) is 0.506. The van der Waals surface area contributed by atoms with Crippen LogP contribution in [0.1, 0.15) is 68.0 Å². The average molecular weight is 509 g/mol. The number of nitrogens with one attached hydrogen (secondary N) is 1. The molecule has 1 aliphatic rings. The Bertz CT molecular complexity index is 1170. The van der Waals surface area contributed by atoms with E-state index in [9.17, 15) is 19.7 Å². The second kappa shape index (κ2) is 11.7. The fourth-order valence-corrected chi connectivity index (χ4v) is 5.34. The molecule has 1 unspecified atom stereocenters. The van der Waals surface area contributed by atoms with Crippen LogP contribution >= 0.6 is 11.8 Å². The zero-order valence-electron chi connectivity index (χ0n) is 21.3. The number of nitriles is 2. The van der Waals surface area contributed by atoms with Gasteiger partial charge in [0.05, 0.1) is 11.1 Å². The van der Waals surface area contributed by atoms with E-state index < -0.39 is 17.0 Å². The number of carbonyl (C=O) groups is 1. The third kappa shape index (κ3) is 6.54. The number of thioether (sulfide) groups is 1. The van der Waals surface area contributed by atoms with Gasteiger partial charge in [0.25, 0.3) is 0 Å². The number of amides is 1. The number of primary amides is 1. The van der Waals surface area contributed by atoms with Gasteiger partial charge in [-0.1, -0.05) is 51.6 Å². The van der Waals surface area contributed by atoms with Gasteiger partial charge in [-0.15, -0.1) is 0 Å². The van der Waals surface area contributed by atoms with Crippen molar-refractivity contribution in [2.75, 3.05) is 24.5 Å². The van der Waals surface area contributed by atoms with Gasteiger partial charge in [0.15, 0.2) is 0 Å². The van der Waals surface area contributed by atoms with Gasteiger partial charge in [-0.25, -0.2) is 9.37 Å². The van der Waals surface area contributed by atoms with Crippen molar-refractivity contribution < 1.29 is 9.18 Å². The Balaban J connectivity index is 1.95. The topological polar surface area (TPSA) is 119 Å². The van der Waals surface area contributed by atoms with Crippen LogP contribution in [-0.4, -0.2) is 36.6 Å². The van der Waals surface area contributed by atoms with E-state index in [0.29, 0.717) is 40.0 Å². The molecule has 2 aromatic rings. The van der Waals surface area contributed by atoms with Crippen LogP contribution in [0.5, 0.6) is 0 Å². The van der Waals surface area contributed by atoms with Gasteiger partial charge in [0.2, 0.25) is 5.91 Å². The zero-order valence-corrected chi connectivity index (χ0v) is 22.1. The third-order valence-electron chi connectivity index (χ3n) is 6.20. The van der Waals surface area contributed by atoms with E-state index in [1.54, 1.807) is 0 Å². The number of carbonyl (C=O) groups excluding carboxylic acids is 1. The molecular weight excluding hydrogens is 475 g/mol. The van der Waals surface area contributed by atoms with Crippen LogP contribution < -0.4 is 16.0 Å². The van der Waals surface area contributed by atoms with Gasteiger partial charge >= 0.3 is 0 Å². The summed E-state index contributed by atoms with van der Waals surface area (Å²) in [5.41, 5.74) is 7.70. The second-order valence-electron chi connectivity index (χ2n) is 10.2. The van der Waals surface area contributed by atoms with Crippen molar-refractivity contribution in [3.63, 3.8) is 0 Å². The summed E-state index contributed by atoms with van der Waals surface area (Å²) in [6, 6.07) is 10.4. The van der Waals surface area contributed by atoms with Crippen LogP contribution in [0.2, 0.25) is 0 Å². The Labute approximate surface area is 216 Å². The number of anilines is 1. The number of halogens is 1. The molecule has 1 amide bonds. The number of aromatic nitrogens is 1. The Hall–Kier alpha value is -3.14. The van der Waals surface area contributed by atoms with E-state index in [0.717, 1.165) is 44.2 Å². The molecule has 1 aromatic heterocycles. The highest BCUT2D eigenvalue weighted by Gasteiger charge is 2.29. The number of nitrogens with zero attached hydrogens (tertiary/aromatic N) is 4. The molecule has 0 saturated carbocycles. The number of hydrogen-bond acceptors (Lipinski definition) is 7. The van der Waals surface area contributed by atoms with E-state index in [1.807, 2.05) is 6.92 Å². The standard InChI is InChI=1S/C27H33FN6OS/c1-5-20-21(14-29)25(34-12-10-19(11-13-34)32-16-27(2,3)4)33-26(22(20)15-30)36-23(24(31)35)17-6-8-18(28)9-7-17/h6-9,19,23,32H,5,10-13,16H2,1-4H3,(H2,31,35). The van der Waals surface area contributed by atoms with Crippen LogP contribution in [0, 0.1) is 33.9 Å². The molecule has 1 saturated heterocycles. The molecule has 0 aliphatic carbocycles. The molecule has 3 N–H and O–H groups in total. The molecule has 1 atom stereocenters. The van der Waals surface area contributed by atoms with Crippen molar-refractivity contribution in [2.24, 2.45) is 11.1 Å². The SMILES string of the molecule is CCc1c(C#N)c(SC(C(N)=O)c2ccc(F)cc2)nc(N2CCC(NCC(C)(C)C)CC2)c1C#N. The maximum atomic E-state index is 13.5. The number of hydrogen-bond donors (Lipinski definition) is 2. The Kier molecular flexibility index (Phi) is 8.94. The molecule has 36 heavy (non-hydrogen) atoms. The molecule has 1 aliphatic heterocycles. The normalized spacial score (nSPS) is 15.2. The largest absolute Gasteiger partial charge is 0.368 e. The van der Waals surface area contributed by atoms with Gasteiger partial charge in [0, 0.05) is 25.7 Å². The highest BCUT2D eigenvalue weighted by Crippen LogP contribution is 2.40. The maximum Gasteiger partial charge on any atom is 0.235 e. The highest BCUT2D eigenvalue weighted by atomic mass is 32.2. The van der Waals surface area contributed by atoms with Gasteiger partial charge < -0.3 is 16.0 Å². The summed E-state index contributed by atoms with van der Waals surface area (Å²) in [4.78, 5) is 19.2. The number of rotatable bonds is 8. The number of benzene rings is 1.